The molecule has 0 aromatic heterocycles. The highest BCUT2D eigenvalue weighted by Gasteiger charge is 2.49. The molecule has 2 rings (SSSR count). The molecule has 1 aromatic rings. The molecule has 4 nitrogen and oxygen atoms in total. The van der Waals surface area contributed by atoms with E-state index in [0.29, 0.717) is 13.2 Å². The van der Waals surface area contributed by atoms with E-state index >= 15 is 0 Å². The first-order chi connectivity index (χ1) is 9.47. The van der Waals surface area contributed by atoms with Crippen LogP contribution < -0.4 is 10.6 Å². The minimum Gasteiger partial charge on any atom is -0.465 e. The van der Waals surface area contributed by atoms with E-state index in [-0.39, 0.29) is 17.7 Å². The summed E-state index contributed by atoms with van der Waals surface area (Å²) in [6.45, 7) is 2.46. The summed E-state index contributed by atoms with van der Waals surface area (Å²) in [5.74, 6) is -0.463. The van der Waals surface area contributed by atoms with Gasteiger partial charge in [-0.1, -0.05) is 0 Å². The van der Waals surface area contributed by atoms with Gasteiger partial charge < -0.3 is 15.4 Å². The van der Waals surface area contributed by atoms with Crippen LogP contribution in [-0.2, 0) is 9.53 Å². The molecule has 1 aliphatic carbocycles. The van der Waals surface area contributed by atoms with Crippen molar-refractivity contribution in [2.45, 2.75) is 25.3 Å². The van der Waals surface area contributed by atoms with Gasteiger partial charge >= 0.3 is 5.97 Å². The second-order valence-electron chi connectivity index (χ2n) is 5.37. The molecule has 0 heterocycles. The van der Waals surface area contributed by atoms with E-state index in [2.05, 4.69) is 0 Å². The minimum atomic E-state index is -0.987. The normalized spacial score (nSPS) is 17.4. The van der Waals surface area contributed by atoms with Gasteiger partial charge in [0.2, 0.25) is 0 Å². The second-order valence-corrected chi connectivity index (χ2v) is 5.37. The first-order valence-electron chi connectivity index (χ1n) is 6.90. The van der Waals surface area contributed by atoms with Crippen molar-refractivity contribution in [3.05, 3.63) is 30.1 Å². The average Bonchev–Trinajstić information content (AvgIpc) is 3.24. The molecule has 2 N–H and O–H groups in total. The highest BCUT2D eigenvalue weighted by Crippen LogP contribution is 2.39. The molecule has 0 spiro atoms. The molecule has 1 unspecified atom stereocenters. The van der Waals surface area contributed by atoms with E-state index in [1.807, 2.05) is 11.9 Å². The second kappa shape index (κ2) is 5.79. The van der Waals surface area contributed by atoms with E-state index in [0.717, 1.165) is 18.5 Å². The zero-order chi connectivity index (χ0) is 14.8. The minimum absolute atomic E-state index is 0.171. The molecule has 1 atom stereocenters. The van der Waals surface area contributed by atoms with E-state index in [1.54, 1.807) is 19.1 Å². The third-order valence-corrected chi connectivity index (χ3v) is 3.73. The molecule has 0 amide bonds. The van der Waals surface area contributed by atoms with Crippen molar-refractivity contribution in [1.82, 2.24) is 0 Å². The maximum absolute atomic E-state index is 12.9. The molecule has 0 radical (unpaired) electrons. The number of hydrogen-bond donors (Lipinski definition) is 1. The van der Waals surface area contributed by atoms with Crippen LogP contribution >= 0.6 is 0 Å². The van der Waals surface area contributed by atoms with Crippen molar-refractivity contribution in [2.24, 2.45) is 11.7 Å². The number of ether oxygens (including phenoxy) is 1. The van der Waals surface area contributed by atoms with Crippen LogP contribution in [0.3, 0.4) is 0 Å². The molecule has 0 saturated heterocycles. The molecule has 1 aliphatic rings. The van der Waals surface area contributed by atoms with Gasteiger partial charge in [0.1, 0.15) is 11.4 Å². The third-order valence-electron chi connectivity index (χ3n) is 3.73. The molecule has 0 aliphatic heterocycles. The molecule has 5 heteroatoms. The maximum atomic E-state index is 12.9. The number of carbonyl (C=O) groups is 1. The monoisotopic (exact) mass is 280 g/mol. The Kier molecular flexibility index (Phi) is 4.28. The lowest BCUT2D eigenvalue weighted by molar-refractivity contribution is -0.150. The summed E-state index contributed by atoms with van der Waals surface area (Å²) < 4.78 is 18.1. The fourth-order valence-electron chi connectivity index (χ4n) is 2.40. The van der Waals surface area contributed by atoms with Gasteiger partial charge in [-0.2, -0.15) is 0 Å². The first-order valence-corrected chi connectivity index (χ1v) is 6.90. The zero-order valence-electron chi connectivity index (χ0n) is 11.9. The number of benzene rings is 1. The number of esters is 1. The third kappa shape index (κ3) is 3.10. The van der Waals surface area contributed by atoms with Crippen molar-refractivity contribution in [3.63, 3.8) is 0 Å². The molecule has 20 heavy (non-hydrogen) atoms. The quantitative estimate of drug-likeness (QED) is 0.809. The van der Waals surface area contributed by atoms with Gasteiger partial charge in [0, 0.05) is 19.3 Å². The summed E-state index contributed by atoms with van der Waals surface area (Å²) in [5, 5.41) is 0. The molecule has 0 bridgehead atoms. The summed E-state index contributed by atoms with van der Waals surface area (Å²) in [6, 6.07) is 6.14. The van der Waals surface area contributed by atoms with Crippen LogP contribution in [-0.4, -0.2) is 31.7 Å². The Morgan fingerprint density at radius 1 is 1.45 bits per heavy atom. The van der Waals surface area contributed by atoms with Gasteiger partial charge in [0.15, 0.2) is 0 Å². The number of nitrogens with two attached hydrogens (primary N) is 1. The average molecular weight is 280 g/mol. The van der Waals surface area contributed by atoms with Crippen molar-refractivity contribution in [1.29, 1.82) is 0 Å². The Labute approximate surface area is 118 Å². The fraction of sp³-hybridized carbons (Fsp3) is 0.533. The Bertz CT molecular complexity index is 473. The van der Waals surface area contributed by atoms with Crippen LogP contribution in [0.5, 0.6) is 0 Å². The summed E-state index contributed by atoms with van der Waals surface area (Å²) >= 11 is 0. The van der Waals surface area contributed by atoms with Gasteiger partial charge in [-0.3, -0.25) is 0 Å². The van der Waals surface area contributed by atoms with E-state index in [4.69, 9.17) is 10.5 Å². The Morgan fingerprint density at radius 2 is 2.05 bits per heavy atom. The predicted octanol–water partition coefficient (Wildman–Crippen LogP) is 1.93. The van der Waals surface area contributed by atoms with E-state index in [1.165, 1.54) is 12.1 Å². The van der Waals surface area contributed by atoms with Gasteiger partial charge in [-0.25, -0.2) is 9.18 Å². The van der Waals surface area contributed by atoms with Crippen LogP contribution in [0.4, 0.5) is 10.1 Å². The number of rotatable bonds is 6. The number of likely N-dealkylation sites (N-methyl/N-ethyl adjacent to an activating group) is 1. The van der Waals surface area contributed by atoms with Crippen molar-refractivity contribution in [2.75, 3.05) is 25.1 Å². The Balaban J connectivity index is 2.11. The molecule has 1 aromatic carbocycles. The lowest BCUT2D eigenvalue weighted by Crippen LogP contribution is -2.58. The van der Waals surface area contributed by atoms with Gasteiger partial charge in [-0.15, -0.1) is 0 Å². The number of halogens is 1. The number of nitrogens with zero attached hydrogens (tertiary/aromatic N) is 1. The molecule has 1 saturated carbocycles. The molecular formula is C15H21FN2O2. The van der Waals surface area contributed by atoms with Crippen molar-refractivity contribution >= 4 is 11.7 Å². The summed E-state index contributed by atoms with van der Waals surface area (Å²) in [7, 11) is 1.84. The summed E-state index contributed by atoms with van der Waals surface area (Å²) in [6.07, 6.45) is 1.90. The number of anilines is 1. The van der Waals surface area contributed by atoms with E-state index < -0.39 is 5.54 Å². The lowest BCUT2D eigenvalue weighted by atomic mass is 9.93. The Morgan fingerprint density at radius 3 is 2.55 bits per heavy atom. The van der Waals surface area contributed by atoms with Crippen LogP contribution in [0.1, 0.15) is 19.8 Å². The standard InChI is InChI=1S/C15H21FN2O2/c1-3-20-14(19)15(17,11-4-5-11)10-18(2)13-8-6-12(16)7-9-13/h6-9,11H,3-5,10,17H2,1-2H3. The molecule has 110 valence electrons. The fourth-order valence-corrected chi connectivity index (χ4v) is 2.40. The largest absolute Gasteiger partial charge is 0.465 e. The number of carbonyl (C=O) groups excluding carboxylic acids is 1. The topological polar surface area (TPSA) is 55.6 Å². The van der Waals surface area contributed by atoms with Gasteiger partial charge in [0.25, 0.3) is 0 Å². The highest BCUT2D eigenvalue weighted by atomic mass is 19.1. The van der Waals surface area contributed by atoms with Gasteiger partial charge in [0.05, 0.1) is 6.61 Å². The SMILES string of the molecule is CCOC(=O)C(N)(CN(C)c1ccc(F)cc1)C1CC1. The molecule has 1 fully saturated rings. The van der Waals surface area contributed by atoms with Crippen LogP contribution in [0.2, 0.25) is 0 Å². The van der Waals surface area contributed by atoms with Crippen LogP contribution in [0.25, 0.3) is 0 Å². The predicted molar refractivity (Wildman–Crippen MR) is 75.9 cm³/mol. The van der Waals surface area contributed by atoms with Crippen LogP contribution in [0.15, 0.2) is 24.3 Å². The van der Waals surface area contributed by atoms with Crippen LogP contribution in [0, 0.1) is 11.7 Å². The lowest BCUT2D eigenvalue weighted by Gasteiger charge is -2.32. The van der Waals surface area contributed by atoms with Crippen molar-refractivity contribution in [3.8, 4) is 0 Å². The number of hydrogen-bond acceptors (Lipinski definition) is 4. The summed E-state index contributed by atoms with van der Waals surface area (Å²) in [5.41, 5.74) is 6.15. The zero-order valence-corrected chi connectivity index (χ0v) is 11.9. The smallest absolute Gasteiger partial charge is 0.328 e. The van der Waals surface area contributed by atoms with Gasteiger partial charge in [-0.05, 0) is 49.9 Å². The highest BCUT2D eigenvalue weighted by molar-refractivity contribution is 5.82. The Hall–Kier alpha value is -1.62. The maximum Gasteiger partial charge on any atom is 0.328 e. The van der Waals surface area contributed by atoms with E-state index in [9.17, 15) is 9.18 Å². The van der Waals surface area contributed by atoms with Crippen molar-refractivity contribution < 1.29 is 13.9 Å². The first kappa shape index (κ1) is 14.8. The molecular weight excluding hydrogens is 259 g/mol. The summed E-state index contributed by atoms with van der Waals surface area (Å²) in [4.78, 5) is 14.0.